The maximum Gasteiger partial charge on any atom is 0.412 e. The van der Waals surface area contributed by atoms with Gasteiger partial charge in [-0.2, -0.15) is 4.98 Å². The third-order valence-corrected chi connectivity index (χ3v) is 3.48. The van der Waals surface area contributed by atoms with Crippen LogP contribution in [-0.2, 0) is 14.2 Å². The number of rotatable bonds is 8. The lowest BCUT2D eigenvalue weighted by Crippen LogP contribution is -2.29. The lowest BCUT2D eigenvalue weighted by Gasteiger charge is -2.12. The number of nitrogens with one attached hydrogen (secondary N) is 1. The molecule has 1 saturated heterocycles. The van der Waals surface area contributed by atoms with Gasteiger partial charge in [0.15, 0.2) is 12.5 Å². The Balaban J connectivity index is 1.83. The molecule has 0 bridgehead atoms. The first kappa shape index (κ1) is 18.4. The Hall–Kier alpha value is -1.97. The summed E-state index contributed by atoms with van der Waals surface area (Å²) in [6, 6.07) is 1.47. The van der Waals surface area contributed by atoms with Crippen LogP contribution in [-0.4, -0.2) is 46.9 Å². The maximum atomic E-state index is 12.0. The van der Waals surface area contributed by atoms with Crippen molar-refractivity contribution >= 4 is 11.9 Å². The molecule has 9 heteroatoms. The van der Waals surface area contributed by atoms with Crippen LogP contribution in [0.5, 0.6) is 0 Å². The number of hydrogen-bond donors (Lipinski definition) is 2. The quantitative estimate of drug-likeness (QED) is 0.684. The van der Waals surface area contributed by atoms with E-state index in [-0.39, 0.29) is 19.0 Å². The summed E-state index contributed by atoms with van der Waals surface area (Å²) in [7, 11) is 0. The van der Waals surface area contributed by atoms with Gasteiger partial charge in [-0.15, -0.1) is 0 Å². The van der Waals surface area contributed by atoms with Crippen molar-refractivity contribution in [2.24, 2.45) is 0 Å². The third kappa shape index (κ3) is 5.29. The zero-order chi connectivity index (χ0) is 17.4. The van der Waals surface area contributed by atoms with Crippen molar-refractivity contribution in [3.05, 3.63) is 22.7 Å². The Morgan fingerprint density at radius 2 is 2.33 bits per heavy atom. The second kappa shape index (κ2) is 9.36. The van der Waals surface area contributed by atoms with E-state index in [4.69, 9.17) is 19.3 Å². The lowest BCUT2D eigenvalue weighted by atomic mass is 10.2. The van der Waals surface area contributed by atoms with Crippen LogP contribution >= 0.6 is 0 Å². The zero-order valence-corrected chi connectivity index (χ0v) is 13.6. The van der Waals surface area contributed by atoms with Gasteiger partial charge in [0.05, 0.1) is 19.8 Å². The van der Waals surface area contributed by atoms with Crippen LogP contribution in [0.15, 0.2) is 17.1 Å². The predicted molar refractivity (Wildman–Crippen MR) is 84.6 cm³/mol. The van der Waals surface area contributed by atoms with Gasteiger partial charge in [0.25, 0.3) is 0 Å². The molecule has 1 aromatic rings. The van der Waals surface area contributed by atoms with E-state index in [0.29, 0.717) is 6.61 Å². The molecule has 2 rings (SSSR count). The number of carbonyl (C=O) groups excluding carboxylic acids is 1. The summed E-state index contributed by atoms with van der Waals surface area (Å²) in [4.78, 5) is 27.4. The van der Waals surface area contributed by atoms with Crippen molar-refractivity contribution in [1.29, 1.82) is 0 Å². The molecule has 0 aliphatic carbocycles. The van der Waals surface area contributed by atoms with E-state index >= 15 is 0 Å². The average Bonchev–Trinajstić information content (AvgIpc) is 3.03. The van der Waals surface area contributed by atoms with E-state index < -0.39 is 24.3 Å². The van der Waals surface area contributed by atoms with Gasteiger partial charge in [-0.3, -0.25) is 9.88 Å². The van der Waals surface area contributed by atoms with Crippen LogP contribution in [0.4, 0.5) is 10.6 Å². The minimum atomic E-state index is -0.748. The number of aliphatic hydroxyl groups excluding tert-OH is 1. The highest BCUT2D eigenvalue weighted by Gasteiger charge is 2.27. The Morgan fingerprint density at radius 3 is 3.00 bits per heavy atom. The minimum Gasteiger partial charge on any atom is -0.449 e. The van der Waals surface area contributed by atoms with Crippen molar-refractivity contribution in [2.45, 2.75) is 45.1 Å². The lowest BCUT2D eigenvalue weighted by molar-refractivity contribution is -0.0992. The number of aliphatic hydroxyl groups is 1. The number of nitrogens with zero attached hydrogens (tertiary/aromatic N) is 2. The van der Waals surface area contributed by atoms with Gasteiger partial charge in [-0.1, -0.05) is 26.2 Å². The molecular formula is C15H23N3O6. The van der Waals surface area contributed by atoms with Gasteiger partial charge in [-0.05, 0) is 12.5 Å². The van der Waals surface area contributed by atoms with Crippen LogP contribution in [0.25, 0.3) is 0 Å². The fourth-order valence-electron chi connectivity index (χ4n) is 2.22. The molecular weight excluding hydrogens is 318 g/mol. The Morgan fingerprint density at radius 1 is 1.50 bits per heavy atom. The summed E-state index contributed by atoms with van der Waals surface area (Å²) in [5.41, 5.74) is -0.595. The Kier molecular flexibility index (Phi) is 7.16. The highest BCUT2D eigenvalue weighted by molar-refractivity contribution is 5.83. The van der Waals surface area contributed by atoms with Gasteiger partial charge >= 0.3 is 11.8 Å². The van der Waals surface area contributed by atoms with Gasteiger partial charge in [-0.25, -0.2) is 9.59 Å². The van der Waals surface area contributed by atoms with Crippen LogP contribution in [0, 0.1) is 0 Å². The fourth-order valence-corrected chi connectivity index (χ4v) is 2.22. The molecule has 134 valence electrons. The molecule has 24 heavy (non-hydrogen) atoms. The number of carbonyl (C=O) groups is 1. The SMILES string of the molecule is CCCCCCOC(=O)Nc1ccn([C@@H]2CO[C@H](CO)O2)c(=O)n1. The summed E-state index contributed by atoms with van der Waals surface area (Å²) in [5.74, 6) is 0.104. The number of ether oxygens (including phenoxy) is 3. The van der Waals surface area contributed by atoms with Crippen LogP contribution in [0.2, 0.25) is 0 Å². The van der Waals surface area contributed by atoms with E-state index in [9.17, 15) is 9.59 Å². The molecule has 2 atom stereocenters. The third-order valence-electron chi connectivity index (χ3n) is 3.48. The summed E-state index contributed by atoms with van der Waals surface area (Å²) >= 11 is 0. The van der Waals surface area contributed by atoms with E-state index in [0.717, 1.165) is 25.7 Å². The van der Waals surface area contributed by atoms with E-state index in [1.54, 1.807) is 0 Å². The zero-order valence-electron chi connectivity index (χ0n) is 13.6. The smallest absolute Gasteiger partial charge is 0.412 e. The predicted octanol–water partition coefficient (Wildman–Crippen LogP) is 1.24. The molecule has 1 aliphatic rings. The molecule has 1 amide bonds. The van der Waals surface area contributed by atoms with Crippen LogP contribution in [0.1, 0.15) is 38.8 Å². The van der Waals surface area contributed by atoms with Gasteiger partial charge in [0.1, 0.15) is 5.82 Å². The van der Waals surface area contributed by atoms with Crippen molar-refractivity contribution in [1.82, 2.24) is 9.55 Å². The molecule has 0 radical (unpaired) electrons. The molecule has 0 aromatic carbocycles. The largest absolute Gasteiger partial charge is 0.449 e. The van der Waals surface area contributed by atoms with Gasteiger partial charge < -0.3 is 19.3 Å². The summed E-state index contributed by atoms with van der Waals surface area (Å²) in [6.07, 6.45) is 3.44. The first-order chi connectivity index (χ1) is 11.6. The molecule has 0 spiro atoms. The number of amides is 1. The van der Waals surface area contributed by atoms with Gasteiger partial charge in [0.2, 0.25) is 0 Å². The molecule has 2 heterocycles. The maximum absolute atomic E-state index is 12.0. The number of aromatic nitrogens is 2. The van der Waals surface area contributed by atoms with Crippen molar-refractivity contribution in [3.63, 3.8) is 0 Å². The summed E-state index contributed by atoms with van der Waals surface area (Å²) < 4.78 is 16.7. The average molecular weight is 341 g/mol. The van der Waals surface area contributed by atoms with Crippen molar-refractivity contribution in [2.75, 3.05) is 25.1 Å². The molecule has 1 aliphatic heterocycles. The molecule has 1 fully saturated rings. The van der Waals surface area contributed by atoms with Crippen LogP contribution < -0.4 is 11.0 Å². The topological polar surface area (TPSA) is 112 Å². The molecule has 2 N–H and O–H groups in total. The fraction of sp³-hybridized carbons (Fsp3) is 0.667. The molecule has 9 nitrogen and oxygen atoms in total. The van der Waals surface area contributed by atoms with E-state index in [1.807, 2.05) is 0 Å². The van der Waals surface area contributed by atoms with Crippen LogP contribution in [0.3, 0.4) is 0 Å². The molecule has 0 unspecified atom stereocenters. The highest BCUT2D eigenvalue weighted by atomic mass is 16.7. The van der Waals surface area contributed by atoms with Gasteiger partial charge in [0, 0.05) is 6.20 Å². The van der Waals surface area contributed by atoms with E-state index in [1.165, 1.54) is 16.8 Å². The standard InChI is InChI=1S/C15H23N3O6/c1-2-3-4-5-8-22-15(21)17-11-6-7-18(14(20)16-11)12-10-23-13(9-19)24-12/h6-7,12-13,19H,2-5,8-10H2,1H3,(H,16,17,20,21)/t12-,13-/m0/s1. The van der Waals surface area contributed by atoms with Crippen molar-refractivity contribution in [3.8, 4) is 0 Å². The van der Waals surface area contributed by atoms with Crippen molar-refractivity contribution < 1.29 is 24.1 Å². The first-order valence-electron chi connectivity index (χ1n) is 8.05. The molecule has 0 saturated carbocycles. The monoisotopic (exact) mass is 341 g/mol. The second-order valence-corrected chi connectivity index (χ2v) is 5.36. The number of anilines is 1. The second-order valence-electron chi connectivity index (χ2n) is 5.36. The summed E-state index contributed by atoms with van der Waals surface area (Å²) in [6.45, 7) is 2.29. The minimum absolute atomic E-state index is 0.104. The molecule has 1 aromatic heterocycles. The highest BCUT2D eigenvalue weighted by Crippen LogP contribution is 2.19. The normalized spacial score (nSPS) is 20.1. The van der Waals surface area contributed by atoms with E-state index in [2.05, 4.69) is 17.2 Å². The Bertz CT molecular complexity index is 591. The number of unbranched alkanes of at least 4 members (excludes halogenated alkanes) is 3. The summed E-state index contributed by atoms with van der Waals surface area (Å²) in [5, 5.41) is 11.4. The number of hydrogen-bond acceptors (Lipinski definition) is 7. The Labute approximate surface area is 139 Å². The first-order valence-corrected chi connectivity index (χ1v) is 8.05.